The van der Waals surface area contributed by atoms with Crippen LogP contribution in [0.5, 0.6) is 0 Å². The molecule has 2 aliphatic rings. The molecule has 2 amide bonds. The zero-order valence-electron chi connectivity index (χ0n) is 17.7. The zero-order chi connectivity index (χ0) is 23.7. The highest BCUT2D eigenvalue weighted by Gasteiger charge is 2.38. The van der Waals surface area contributed by atoms with Gasteiger partial charge >= 0.3 is 5.97 Å². The third kappa shape index (κ3) is 4.34. The molecule has 2 atom stereocenters. The predicted octanol–water partition coefficient (Wildman–Crippen LogP) is 2.20. The topological polar surface area (TPSA) is 131 Å². The van der Waals surface area contributed by atoms with Crippen LogP contribution in [0.2, 0.25) is 0 Å². The number of nitrogens with zero attached hydrogens (tertiary/aromatic N) is 2. The molecule has 11 heteroatoms. The maximum absolute atomic E-state index is 13.4. The molecule has 4 rings (SSSR count). The molecular weight excluding hydrogens is 452 g/mol. The van der Waals surface area contributed by atoms with Gasteiger partial charge in [0.05, 0.1) is 17.7 Å². The van der Waals surface area contributed by atoms with E-state index in [0.717, 1.165) is 11.1 Å². The van der Waals surface area contributed by atoms with Crippen molar-refractivity contribution in [1.29, 1.82) is 0 Å². The molecule has 2 N–H and O–H groups in total. The zero-order valence-corrected chi connectivity index (χ0v) is 18.4. The van der Waals surface area contributed by atoms with E-state index in [0.29, 0.717) is 29.9 Å². The SMILES string of the molecule is COC(=O)CNC(=O)c1ccc2c(c1)NC(C(=O)N1C[C@H](CCl)c3ccc([N+](=O)[O-])cc31)C2. The lowest BCUT2D eigenvalue weighted by atomic mass is 10.0. The second-order valence-corrected chi connectivity index (χ2v) is 8.14. The number of halogens is 1. The monoisotopic (exact) mass is 472 g/mol. The van der Waals surface area contributed by atoms with Crippen LogP contribution in [0.15, 0.2) is 36.4 Å². The lowest BCUT2D eigenvalue weighted by Gasteiger charge is -2.22. The van der Waals surface area contributed by atoms with Crippen LogP contribution >= 0.6 is 11.6 Å². The van der Waals surface area contributed by atoms with Gasteiger partial charge in [0.1, 0.15) is 12.6 Å². The average Bonchev–Trinajstić information content (AvgIpc) is 3.42. The van der Waals surface area contributed by atoms with E-state index in [-0.39, 0.29) is 29.9 Å². The summed E-state index contributed by atoms with van der Waals surface area (Å²) in [5.41, 5.74) is 3.07. The Morgan fingerprint density at radius 2 is 2.06 bits per heavy atom. The molecule has 0 saturated heterocycles. The Morgan fingerprint density at radius 1 is 1.27 bits per heavy atom. The third-order valence-electron chi connectivity index (χ3n) is 5.86. The number of nitro benzene ring substituents is 1. The standard InChI is InChI=1S/C22H21ClN4O6/c1-33-20(28)10-24-21(29)13-3-2-12-6-18(25-17(12)7-13)22(30)26-11-14(9-23)16-5-4-15(27(31)32)8-19(16)26/h2-5,7-8,14,18,25H,6,9-11H2,1H3,(H,24,29)/t14-,18?/m0/s1. The first-order valence-corrected chi connectivity index (χ1v) is 10.8. The number of esters is 1. The van der Waals surface area contributed by atoms with Gasteiger partial charge in [0, 0.05) is 48.1 Å². The highest BCUT2D eigenvalue weighted by atomic mass is 35.5. The minimum Gasteiger partial charge on any atom is -0.468 e. The predicted molar refractivity (Wildman–Crippen MR) is 121 cm³/mol. The molecule has 2 aromatic carbocycles. The smallest absolute Gasteiger partial charge is 0.325 e. The molecule has 2 aliphatic heterocycles. The number of benzene rings is 2. The minimum atomic E-state index is -0.588. The second kappa shape index (κ2) is 9.07. The van der Waals surface area contributed by atoms with E-state index in [1.165, 1.54) is 19.2 Å². The van der Waals surface area contributed by atoms with Gasteiger partial charge in [-0.1, -0.05) is 6.07 Å². The summed E-state index contributed by atoms with van der Waals surface area (Å²) >= 11 is 6.09. The summed E-state index contributed by atoms with van der Waals surface area (Å²) in [5, 5.41) is 16.9. The molecule has 0 spiro atoms. The number of fused-ring (bicyclic) bond motifs is 2. The fraction of sp³-hybridized carbons (Fsp3) is 0.318. The normalized spacial score (nSPS) is 18.2. The van der Waals surface area contributed by atoms with E-state index in [2.05, 4.69) is 15.4 Å². The van der Waals surface area contributed by atoms with Crippen molar-refractivity contribution < 1.29 is 24.0 Å². The maximum Gasteiger partial charge on any atom is 0.325 e. The van der Waals surface area contributed by atoms with Crippen molar-refractivity contribution in [1.82, 2.24) is 5.32 Å². The number of alkyl halides is 1. The summed E-state index contributed by atoms with van der Waals surface area (Å²) in [5.74, 6) is -1.05. The number of carbonyl (C=O) groups is 3. The van der Waals surface area contributed by atoms with Gasteiger partial charge in [-0.15, -0.1) is 11.6 Å². The van der Waals surface area contributed by atoms with Crippen LogP contribution in [0, 0.1) is 10.1 Å². The van der Waals surface area contributed by atoms with Gasteiger partial charge < -0.3 is 20.3 Å². The molecule has 0 fully saturated rings. The number of hydrogen-bond acceptors (Lipinski definition) is 7. The molecule has 2 heterocycles. The molecule has 0 aliphatic carbocycles. The first-order valence-electron chi connectivity index (χ1n) is 10.2. The molecule has 2 aromatic rings. The first kappa shape index (κ1) is 22.5. The number of ether oxygens (including phenoxy) is 1. The van der Waals surface area contributed by atoms with Crippen LogP contribution in [0.3, 0.4) is 0 Å². The van der Waals surface area contributed by atoms with E-state index in [1.54, 1.807) is 29.2 Å². The molecule has 0 aromatic heterocycles. The van der Waals surface area contributed by atoms with Gasteiger partial charge in [0.15, 0.2) is 0 Å². The number of carbonyl (C=O) groups excluding carboxylic acids is 3. The fourth-order valence-corrected chi connectivity index (χ4v) is 4.40. The highest BCUT2D eigenvalue weighted by Crippen LogP contribution is 2.40. The number of methoxy groups -OCH3 is 1. The first-order chi connectivity index (χ1) is 15.8. The Balaban J connectivity index is 1.51. The van der Waals surface area contributed by atoms with Crippen molar-refractivity contribution in [3.05, 3.63) is 63.2 Å². The summed E-state index contributed by atoms with van der Waals surface area (Å²) in [7, 11) is 1.23. The van der Waals surface area contributed by atoms with E-state index in [9.17, 15) is 24.5 Å². The minimum absolute atomic E-state index is 0.0907. The Kier molecular flexibility index (Phi) is 6.19. The number of hydrogen-bond donors (Lipinski definition) is 2. The van der Waals surface area contributed by atoms with Crippen molar-refractivity contribution in [3.63, 3.8) is 0 Å². The van der Waals surface area contributed by atoms with Crippen molar-refractivity contribution in [2.45, 2.75) is 18.4 Å². The van der Waals surface area contributed by atoms with E-state index in [4.69, 9.17) is 11.6 Å². The quantitative estimate of drug-likeness (QED) is 0.285. The highest BCUT2D eigenvalue weighted by molar-refractivity contribution is 6.18. The Morgan fingerprint density at radius 3 is 2.76 bits per heavy atom. The van der Waals surface area contributed by atoms with Crippen LogP contribution in [0.25, 0.3) is 0 Å². The number of anilines is 2. The summed E-state index contributed by atoms with van der Waals surface area (Å²) in [6.07, 6.45) is 0.407. The van der Waals surface area contributed by atoms with Crippen molar-refractivity contribution >= 4 is 46.4 Å². The Hall–Kier alpha value is -3.66. The summed E-state index contributed by atoms with van der Waals surface area (Å²) in [4.78, 5) is 49.2. The Labute approximate surface area is 194 Å². The van der Waals surface area contributed by atoms with Crippen molar-refractivity contribution in [2.75, 3.05) is 36.3 Å². The van der Waals surface area contributed by atoms with Gasteiger partial charge in [0.25, 0.3) is 11.6 Å². The van der Waals surface area contributed by atoms with E-state index in [1.807, 2.05) is 0 Å². The van der Waals surface area contributed by atoms with Crippen molar-refractivity contribution in [3.8, 4) is 0 Å². The second-order valence-electron chi connectivity index (χ2n) is 7.83. The number of non-ortho nitro benzene ring substituents is 1. The molecule has 0 radical (unpaired) electrons. The molecular formula is C22H21ClN4O6. The van der Waals surface area contributed by atoms with Gasteiger partial charge in [-0.3, -0.25) is 24.5 Å². The molecule has 10 nitrogen and oxygen atoms in total. The van der Waals surface area contributed by atoms with Crippen LogP contribution in [-0.2, 0) is 20.7 Å². The third-order valence-corrected chi connectivity index (χ3v) is 6.23. The molecule has 172 valence electrons. The average molecular weight is 473 g/mol. The number of amides is 2. The lowest BCUT2D eigenvalue weighted by Crippen LogP contribution is -2.41. The van der Waals surface area contributed by atoms with Crippen LogP contribution in [-0.4, -0.2) is 54.8 Å². The van der Waals surface area contributed by atoms with Crippen LogP contribution in [0.1, 0.15) is 27.4 Å². The fourth-order valence-electron chi connectivity index (χ4n) is 4.13. The van der Waals surface area contributed by atoms with E-state index >= 15 is 0 Å². The number of nitrogens with one attached hydrogen (secondary N) is 2. The number of nitro groups is 1. The summed E-state index contributed by atoms with van der Waals surface area (Å²) < 4.78 is 4.51. The van der Waals surface area contributed by atoms with Crippen LogP contribution < -0.4 is 15.5 Å². The van der Waals surface area contributed by atoms with E-state index < -0.39 is 22.8 Å². The molecule has 1 unspecified atom stereocenters. The molecule has 33 heavy (non-hydrogen) atoms. The summed E-state index contributed by atoms with van der Waals surface area (Å²) in [6, 6.07) is 8.90. The van der Waals surface area contributed by atoms with Crippen molar-refractivity contribution in [2.24, 2.45) is 0 Å². The molecule has 0 bridgehead atoms. The van der Waals surface area contributed by atoms with Gasteiger partial charge in [-0.25, -0.2) is 0 Å². The van der Waals surface area contributed by atoms with Gasteiger partial charge in [-0.05, 0) is 29.3 Å². The number of rotatable bonds is 6. The molecule has 0 saturated carbocycles. The van der Waals surface area contributed by atoms with Gasteiger partial charge in [0.2, 0.25) is 5.91 Å². The summed E-state index contributed by atoms with van der Waals surface area (Å²) in [6.45, 7) is 0.0950. The lowest BCUT2D eigenvalue weighted by molar-refractivity contribution is -0.384. The maximum atomic E-state index is 13.4. The largest absolute Gasteiger partial charge is 0.468 e. The Bertz CT molecular complexity index is 1150. The van der Waals surface area contributed by atoms with Crippen LogP contribution in [0.4, 0.5) is 17.1 Å². The van der Waals surface area contributed by atoms with Gasteiger partial charge in [-0.2, -0.15) is 0 Å².